The summed E-state index contributed by atoms with van der Waals surface area (Å²) in [7, 11) is 2.03. The average molecular weight is 169 g/mol. The van der Waals surface area contributed by atoms with Crippen LogP contribution in [-0.2, 0) is 0 Å². The van der Waals surface area contributed by atoms with Crippen molar-refractivity contribution in [2.24, 2.45) is 0 Å². The minimum Gasteiger partial charge on any atom is -0.424 e. The van der Waals surface area contributed by atoms with Gasteiger partial charge in [-0.15, -0.1) is 10.2 Å². The van der Waals surface area contributed by atoms with E-state index in [4.69, 9.17) is 4.42 Å². The number of aromatic nitrogens is 2. The number of hydrogen-bond donors (Lipinski definition) is 0. The van der Waals surface area contributed by atoms with Gasteiger partial charge >= 0.3 is 0 Å². The molecule has 68 valence electrons. The van der Waals surface area contributed by atoms with Gasteiger partial charge in [-0.2, -0.15) is 0 Å². The molecule has 0 amide bonds. The Morgan fingerprint density at radius 1 is 1.50 bits per heavy atom. The summed E-state index contributed by atoms with van der Waals surface area (Å²) in [5.74, 6) is 1.32. The van der Waals surface area contributed by atoms with Crippen molar-refractivity contribution >= 4 is 0 Å². The number of aryl methyl sites for hydroxylation is 1. The van der Waals surface area contributed by atoms with Gasteiger partial charge in [-0.05, 0) is 20.5 Å². The second-order valence-electron chi connectivity index (χ2n) is 2.91. The third-order valence-corrected chi connectivity index (χ3v) is 2.06. The van der Waals surface area contributed by atoms with E-state index < -0.39 is 0 Å². The van der Waals surface area contributed by atoms with Gasteiger partial charge in [-0.1, -0.05) is 6.92 Å². The van der Waals surface area contributed by atoms with E-state index in [2.05, 4.69) is 28.9 Å². The maximum Gasteiger partial charge on any atom is 0.233 e. The van der Waals surface area contributed by atoms with E-state index in [1.807, 2.05) is 7.05 Å². The lowest BCUT2D eigenvalue weighted by Crippen LogP contribution is -2.21. The first kappa shape index (κ1) is 9.19. The molecule has 1 rings (SSSR count). The summed E-state index contributed by atoms with van der Waals surface area (Å²) in [4.78, 5) is 2.15. The highest BCUT2D eigenvalue weighted by Gasteiger charge is 2.15. The standard InChI is InChI=1S/C8H15N3O/c1-5-11(4)6(2)8-10-9-7(3)12-8/h6H,5H2,1-4H3. The summed E-state index contributed by atoms with van der Waals surface area (Å²) in [6, 6.07) is 0.205. The predicted molar refractivity (Wildman–Crippen MR) is 45.8 cm³/mol. The van der Waals surface area contributed by atoms with Gasteiger partial charge in [0.1, 0.15) is 0 Å². The van der Waals surface area contributed by atoms with E-state index in [9.17, 15) is 0 Å². The van der Waals surface area contributed by atoms with Crippen LogP contribution in [0.1, 0.15) is 31.7 Å². The van der Waals surface area contributed by atoms with E-state index in [1.165, 1.54) is 0 Å². The van der Waals surface area contributed by atoms with E-state index in [0.29, 0.717) is 11.8 Å². The van der Waals surface area contributed by atoms with Gasteiger partial charge in [0, 0.05) is 6.92 Å². The molecule has 1 heterocycles. The van der Waals surface area contributed by atoms with Crippen LogP contribution in [0.5, 0.6) is 0 Å². The van der Waals surface area contributed by atoms with E-state index in [0.717, 1.165) is 6.54 Å². The first-order valence-electron chi connectivity index (χ1n) is 4.15. The van der Waals surface area contributed by atoms with Gasteiger partial charge in [0.05, 0.1) is 6.04 Å². The van der Waals surface area contributed by atoms with Crippen LogP contribution in [-0.4, -0.2) is 28.7 Å². The zero-order chi connectivity index (χ0) is 9.14. The first-order valence-corrected chi connectivity index (χ1v) is 4.15. The van der Waals surface area contributed by atoms with E-state index >= 15 is 0 Å². The van der Waals surface area contributed by atoms with Crippen LogP contribution < -0.4 is 0 Å². The van der Waals surface area contributed by atoms with Crippen molar-refractivity contribution < 1.29 is 4.42 Å². The summed E-state index contributed by atoms with van der Waals surface area (Å²) >= 11 is 0. The molecular weight excluding hydrogens is 154 g/mol. The smallest absolute Gasteiger partial charge is 0.233 e. The Balaban J connectivity index is 2.70. The maximum absolute atomic E-state index is 5.30. The molecule has 1 atom stereocenters. The molecule has 0 radical (unpaired) electrons. The Kier molecular flexibility index (Phi) is 2.81. The minimum atomic E-state index is 0.205. The highest BCUT2D eigenvalue weighted by molar-refractivity contribution is 4.86. The topological polar surface area (TPSA) is 42.2 Å². The van der Waals surface area contributed by atoms with Crippen LogP contribution >= 0.6 is 0 Å². The Morgan fingerprint density at radius 3 is 2.58 bits per heavy atom. The molecule has 0 saturated heterocycles. The van der Waals surface area contributed by atoms with E-state index in [1.54, 1.807) is 6.92 Å². The monoisotopic (exact) mass is 169 g/mol. The van der Waals surface area contributed by atoms with Crippen molar-refractivity contribution in [2.75, 3.05) is 13.6 Å². The van der Waals surface area contributed by atoms with Gasteiger partial charge in [0.25, 0.3) is 0 Å². The summed E-state index contributed by atoms with van der Waals surface area (Å²) in [6.07, 6.45) is 0. The summed E-state index contributed by atoms with van der Waals surface area (Å²) < 4.78 is 5.30. The van der Waals surface area contributed by atoms with Crippen molar-refractivity contribution in [3.8, 4) is 0 Å². The fourth-order valence-electron chi connectivity index (χ4n) is 0.943. The zero-order valence-electron chi connectivity index (χ0n) is 8.03. The van der Waals surface area contributed by atoms with Gasteiger partial charge in [0.2, 0.25) is 11.8 Å². The third kappa shape index (κ3) is 1.82. The summed E-state index contributed by atoms with van der Waals surface area (Å²) in [5.41, 5.74) is 0. The number of hydrogen-bond acceptors (Lipinski definition) is 4. The molecule has 0 aliphatic rings. The molecule has 0 N–H and O–H groups in total. The Morgan fingerprint density at radius 2 is 2.17 bits per heavy atom. The molecule has 1 unspecified atom stereocenters. The van der Waals surface area contributed by atoms with Crippen LogP contribution in [0.3, 0.4) is 0 Å². The van der Waals surface area contributed by atoms with Crippen molar-refractivity contribution in [1.29, 1.82) is 0 Å². The Labute approximate surface area is 72.6 Å². The molecule has 4 nitrogen and oxygen atoms in total. The second-order valence-corrected chi connectivity index (χ2v) is 2.91. The molecular formula is C8H15N3O. The third-order valence-electron chi connectivity index (χ3n) is 2.06. The molecule has 0 bridgehead atoms. The van der Waals surface area contributed by atoms with Gasteiger partial charge in [-0.25, -0.2) is 0 Å². The minimum absolute atomic E-state index is 0.205. The van der Waals surface area contributed by atoms with Crippen molar-refractivity contribution in [3.05, 3.63) is 11.8 Å². The van der Waals surface area contributed by atoms with Crippen molar-refractivity contribution in [2.45, 2.75) is 26.8 Å². The quantitative estimate of drug-likeness (QED) is 0.685. The largest absolute Gasteiger partial charge is 0.424 e. The average Bonchev–Trinajstić information content (AvgIpc) is 2.49. The highest BCUT2D eigenvalue weighted by atomic mass is 16.4. The molecule has 0 aliphatic carbocycles. The molecule has 4 heteroatoms. The highest BCUT2D eigenvalue weighted by Crippen LogP contribution is 2.15. The van der Waals surface area contributed by atoms with E-state index in [-0.39, 0.29) is 6.04 Å². The maximum atomic E-state index is 5.30. The van der Waals surface area contributed by atoms with Crippen LogP contribution in [0.4, 0.5) is 0 Å². The van der Waals surface area contributed by atoms with Crippen LogP contribution in [0.25, 0.3) is 0 Å². The number of rotatable bonds is 3. The van der Waals surface area contributed by atoms with Gasteiger partial charge in [-0.3, -0.25) is 4.90 Å². The van der Waals surface area contributed by atoms with Gasteiger partial charge < -0.3 is 4.42 Å². The lowest BCUT2D eigenvalue weighted by molar-refractivity contribution is 0.233. The fourth-order valence-corrected chi connectivity index (χ4v) is 0.943. The summed E-state index contributed by atoms with van der Waals surface area (Å²) in [5, 5.41) is 7.74. The number of nitrogens with zero attached hydrogens (tertiary/aromatic N) is 3. The lowest BCUT2D eigenvalue weighted by atomic mass is 10.3. The SMILES string of the molecule is CCN(C)C(C)c1nnc(C)o1. The van der Waals surface area contributed by atoms with Crippen LogP contribution in [0.15, 0.2) is 4.42 Å². The Hall–Kier alpha value is -0.900. The van der Waals surface area contributed by atoms with Crippen LogP contribution in [0, 0.1) is 6.92 Å². The molecule has 0 spiro atoms. The molecule has 1 aromatic rings. The molecule has 0 saturated carbocycles. The zero-order valence-corrected chi connectivity index (χ0v) is 8.03. The second kappa shape index (κ2) is 3.67. The Bertz CT molecular complexity index is 246. The summed E-state index contributed by atoms with van der Waals surface area (Å²) in [6.45, 7) is 6.92. The van der Waals surface area contributed by atoms with Crippen molar-refractivity contribution in [3.63, 3.8) is 0 Å². The molecule has 0 aliphatic heterocycles. The first-order chi connectivity index (χ1) is 5.65. The molecule has 12 heavy (non-hydrogen) atoms. The van der Waals surface area contributed by atoms with Gasteiger partial charge in [0.15, 0.2) is 0 Å². The van der Waals surface area contributed by atoms with Crippen molar-refractivity contribution in [1.82, 2.24) is 15.1 Å². The lowest BCUT2D eigenvalue weighted by Gasteiger charge is -2.18. The fraction of sp³-hybridized carbons (Fsp3) is 0.750. The molecule has 0 aromatic carbocycles. The molecule has 1 aromatic heterocycles. The molecule has 0 fully saturated rings. The normalized spacial score (nSPS) is 13.8. The predicted octanol–water partition coefficient (Wildman–Crippen LogP) is 1.39. The van der Waals surface area contributed by atoms with Crippen LogP contribution in [0.2, 0.25) is 0 Å².